The summed E-state index contributed by atoms with van der Waals surface area (Å²) in [5.74, 6) is -0.295. The quantitative estimate of drug-likeness (QED) is 0.756. The highest BCUT2D eigenvalue weighted by Crippen LogP contribution is 2.35. The van der Waals surface area contributed by atoms with E-state index in [0.717, 1.165) is 10.4 Å². The molecule has 0 radical (unpaired) electrons. The van der Waals surface area contributed by atoms with Gasteiger partial charge in [-0.25, -0.2) is 0 Å². The molecule has 10 heteroatoms. The van der Waals surface area contributed by atoms with Gasteiger partial charge in [0, 0.05) is 36.9 Å². The van der Waals surface area contributed by atoms with Crippen molar-refractivity contribution in [3.05, 3.63) is 45.7 Å². The standard InChI is InChI=1S/C17H17Cl2F3N4O/c1-11-15(19)16(17(20,21)22)23-26(11)10-14(27)25-7-5-24(6-8-25)13-4-2-3-12(18)9-13/h2-4,9H,5-8,10H2,1H3. The second-order valence-electron chi connectivity index (χ2n) is 6.25. The molecule has 1 aliphatic heterocycles. The first-order valence-corrected chi connectivity index (χ1v) is 9.01. The highest BCUT2D eigenvalue weighted by atomic mass is 35.5. The Bertz CT molecular complexity index is 845. The SMILES string of the molecule is Cc1c(Cl)c(C(F)(F)F)nn1CC(=O)N1CCN(c2cccc(Cl)c2)CC1. The molecule has 0 bridgehead atoms. The number of amides is 1. The molecule has 2 heterocycles. The predicted molar refractivity (Wildman–Crippen MR) is 97.2 cm³/mol. The molecule has 1 amide bonds. The number of rotatable bonds is 3. The molecule has 0 atom stereocenters. The zero-order valence-electron chi connectivity index (χ0n) is 14.4. The normalized spacial score (nSPS) is 15.3. The van der Waals surface area contributed by atoms with Gasteiger partial charge in [0.2, 0.25) is 5.91 Å². The van der Waals surface area contributed by atoms with Crippen LogP contribution in [0.15, 0.2) is 24.3 Å². The average Bonchev–Trinajstić information content (AvgIpc) is 2.90. The number of hydrogen-bond donors (Lipinski definition) is 0. The molecule has 1 aromatic heterocycles. The maximum atomic E-state index is 12.9. The van der Waals surface area contributed by atoms with Gasteiger partial charge in [0.25, 0.3) is 0 Å². The summed E-state index contributed by atoms with van der Waals surface area (Å²) in [6.45, 7) is 3.28. The number of carbonyl (C=O) groups is 1. The summed E-state index contributed by atoms with van der Waals surface area (Å²) in [7, 11) is 0. The van der Waals surface area contributed by atoms with Gasteiger partial charge in [-0.1, -0.05) is 29.3 Å². The van der Waals surface area contributed by atoms with E-state index in [4.69, 9.17) is 23.2 Å². The topological polar surface area (TPSA) is 41.4 Å². The number of anilines is 1. The number of carbonyl (C=O) groups excluding carboxylic acids is 1. The maximum Gasteiger partial charge on any atom is 0.436 e. The van der Waals surface area contributed by atoms with Gasteiger partial charge in [-0.05, 0) is 25.1 Å². The zero-order chi connectivity index (χ0) is 19.8. The fraction of sp³-hybridized carbons (Fsp3) is 0.412. The van der Waals surface area contributed by atoms with Crippen LogP contribution in [0.3, 0.4) is 0 Å². The lowest BCUT2D eigenvalue weighted by Crippen LogP contribution is -2.49. The second-order valence-corrected chi connectivity index (χ2v) is 7.07. The van der Waals surface area contributed by atoms with Crippen molar-refractivity contribution in [3.8, 4) is 0 Å². The van der Waals surface area contributed by atoms with Crippen molar-refractivity contribution in [2.75, 3.05) is 31.1 Å². The van der Waals surface area contributed by atoms with E-state index in [1.807, 2.05) is 18.2 Å². The smallest absolute Gasteiger partial charge is 0.368 e. The lowest BCUT2D eigenvalue weighted by atomic mass is 10.2. The maximum absolute atomic E-state index is 12.9. The van der Waals surface area contributed by atoms with Crippen LogP contribution < -0.4 is 4.90 Å². The fourth-order valence-corrected chi connectivity index (χ4v) is 3.40. The van der Waals surface area contributed by atoms with Gasteiger partial charge in [0.1, 0.15) is 6.54 Å². The molecule has 27 heavy (non-hydrogen) atoms. The highest BCUT2D eigenvalue weighted by Gasteiger charge is 2.38. The molecule has 1 aliphatic rings. The van der Waals surface area contributed by atoms with Gasteiger partial charge in [-0.2, -0.15) is 18.3 Å². The van der Waals surface area contributed by atoms with E-state index in [1.165, 1.54) is 6.92 Å². The summed E-state index contributed by atoms with van der Waals surface area (Å²) in [5, 5.41) is 3.64. The largest absolute Gasteiger partial charge is 0.436 e. The van der Waals surface area contributed by atoms with E-state index in [-0.39, 0.29) is 18.1 Å². The molecule has 1 saturated heterocycles. The van der Waals surface area contributed by atoms with Crippen molar-refractivity contribution in [1.82, 2.24) is 14.7 Å². The Morgan fingerprint density at radius 1 is 1.19 bits per heavy atom. The number of halogens is 5. The van der Waals surface area contributed by atoms with Crippen molar-refractivity contribution in [3.63, 3.8) is 0 Å². The lowest BCUT2D eigenvalue weighted by molar-refractivity contribution is -0.142. The third-order valence-electron chi connectivity index (χ3n) is 4.49. The van der Waals surface area contributed by atoms with E-state index in [9.17, 15) is 18.0 Å². The summed E-state index contributed by atoms with van der Waals surface area (Å²) >= 11 is 11.7. The van der Waals surface area contributed by atoms with Gasteiger partial charge in [0.15, 0.2) is 5.69 Å². The Morgan fingerprint density at radius 2 is 1.85 bits per heavy atom. The van der Waals surface area contributed by atoms with Crippen LogP contribution in [0.5, 0.6) is 0 Å². The molecule has 3 rings (SSSR count). The van der Waals surface area contributed by atoms with Crippen LogP contribution in [0.4, 0.5) is 18.9 Å². The Morgan fingerprint density at radius 3 is 2.41 bits per heavy atom. The summed E-state index contributed by atoms with van der Waals surface area (Å²) in [5.41, 5.74) is -0.0748. The van der Waals surface area contributed by atoms with Crippen LogP contribution in [0.2, 0.25) is 10.0 Å². The number of hydrogen-bond acceptors (Lipinski definition) is 3. The van der Waals surface area contributed by atoms with E-state index in [1.54, 1.807) is 11.0 Å². The van der Waals surface area contributed by atoms with Crippen LogP contribution in [0.25, 0.3) is 0 Å². The highest BCUT2D eigenvalue weighted by molar-refractivity contribution is 6.32. The number of piperazine rings is 1. The van der Waals surface area contributed by atoms with Gasteiger partial charge in [-0.3, -0.25) is 9.48 Å². The van der Waals surface area contributed by atoms with Crippen molar-refractivity contribution >= 4 is 34.8 Å². The lowest BCUT2D eigenvalue weighted by Gasteiger charge is -2.36. The van der Waals surface area contributed by atoms with Gasteiger partial charge >= 0.3 is 6.18 Å². The van der Waals surface area contributed by atoms with Gasteiger partial charge in [0.05, 0.1) is 10.7 Å². The molecular weight excluding hydrogens is 404 g/mol. The van der Waals surface area contributed by atoms with E-state index in [0.29, 0.717) is 31.2 Å². The van der Waals surface area contributed by atoms with Crippen LogP contribution in [-0.4, -0.2) is 46.8 Å². The Labute approximate surface area is 164 Å². The van der Waals surface area contributed by atoms with E-state index in [2.05, 4.69) is 10.00 Å². The first kappa shape index (κ1) is 19.8. The summed E-state index contributed by atoms with van der Waals surface area (Å²) in [6, 6.07) is 7.44. The van der Waals surface area contributed by atoms with E-state index >= 15 is 0 Å². The Kier molecular flexibility index (Phi) is 5.58. The minimum Gasteiger partial charge on any atom is -0.368 e. The molecule has 1 fully saturated rings. The van der Waals surface area contributed by atoms with Crippen LogP contribution in [0.1, 0.15) is 11.4 Å². The molecule has 0 spiro atoms. The third-order valence-corrected chi connectivity index (χ3v) is 5.18. The molecule has 146 valence electrons. The first-order chi connectivity index (χ1) is 12.7. The minimum atomic E-state index is -4.65. The monoisotopic (exact) mass is 420 g/mol. The minimum absolute atomic E-state index is 0.120. The molecule has 2 aromatic rings. The third kappa shape index (κ3) is 4.32. The Balaban J connectivity index is 1.64. The molecule has 0 unspecified atom stereocenters. The predicted octanol–water partition coefficient (Wildman–Crippen LogP) is 3.87. The van der Waals surface area contributed by atoms with E-state index < -0.39 is 16.9 Å². The molecular formula is C17H17Cl2F3N4O. The average molecular weight is 421 g/mol. The summed E-state index contributed by atoms with van der Waals surface area (Å²) in [4.78, 5) is 16.2. The zero-order valence-corrected chi connectivity index (χ0v) is 15.9. The summed E-state index contributed by atoms with van der Waals surface area (Å²) in [6.07, 6.45) is -4.65. The van der Waals surface area contributed by atoms with Crippen molar-refractivity contribution in [2.45, 2.75) is 19.6 Å². The van der Waals surface area contributed by atoms with Crippen LogP contribution in [0, 0.1) is 6.92 Å². The second kappa shape index (κ2) is 7.59. The van der Waals surface area contributed by atoms with Gasteiger partial charge < -0.3 is 9.80 Å². The number of aromatic nitrogens is 2. The molecule has 5 nitrogen and oxygen atoms in total. The number of alkyl halides is 3. The van der Waals surface area contributed by atoms with Crippen LogP contribution >= 0.6 is 23.2 Å². The number of benzene rings is 1. The summed E-state index contributed by atoms with van der Waals surface area (Å²) < 4.78 is 39.7. The number of nitrogens with zero attached hydrogens (tertiary/aromatic N) is 4. The van der Waals surface area contributed by atoms with Crippen molar-refractivity contribution in [2.24, 2.45) is 0 Å². The van der Waals surface area contributed by atoms with Crippen molar-refractivity contribution < 1.29 is 18.0 Å². The molecule has 0 aliphatic carbocycles. The Hall–Kier alpha value is -1.93. The first-order valence-electron chi connectivity index (χ1n) is 8.25. The van der Waals surface area contributed by atoms with Crippen molar-refractivity contribution in [1.29, 1.82) is 0 Å². The van der Waals surface area contributed by atoms with Gasteiger partial charge in [-0.15, -0.1) is 0 Å². The fourth-order valence-electron chi connectivity index (χ4n) is 2.97. The van der Waals surface area contributed by atoms with Crippen LogP contribution in [-0.2, 0) is 17.5 Å². The molecule has 0 saturated carbocycles. The molecule has 0 N–H and O–H groups in total. The molecule has 1 aromatic carbocycles.